The number of para-hydroxylation sites is 1. The fourth-order valence-corrected chi connectivity index (χ4v) is 4.16. The fraction of sp³-hybridized carbons (Fsp3) is 0.600. The van der Waals surface area contributed by atoms with Crippen molar-refractivity contribution < 1.29 is 9.59 Å². The van der Waals surface area contributed by atoms with Crippen molar-refractivity contribution in [1.82, 2.24) is 4.90 Å². The quantitative estimate of drug-likeness (QED) is 0.882. The van der Waals surface area contributed by atoms with Crippen molar-refractivity contribution >= 4 is 17.5 Å². The van der Waals surface area contributed by atoms with E-state index >= 15 is 0 Å². The predicted molar refractivity (Wildman–Crippen MR) is 98.9 cm³/mol. The van der Waals surface area contributed by atoms with E-state index in [0.717, 1.165) is 37.8 Å². The summed E-state index contributed by atoms with van der Waals surface area (Å²) in [5.74, 6) is 1.06. The van der Waals surface area contributed by atoms with E-state index in [1.807, 2.05) is 35.2 Å². The SMILES string of the molecule is CC1CC(C(=O)Nc2ccccc2)N(C(=O)C2CCC(CN)CC2)C1. The topological polar surface area (TPSA) is 75.4 Å². The van der Waals surface area contributed by atoms with Gasteiger partial charge in [-0.25, -0.2) is 0 Å². The average molecular weight is 343 g/mol. The lowest BCUT2D eigenvalue weighted by Crippen LogP contribution is -2.46. The van der Waals surface area contributed by atoms with Gasteiger partial charge in [-0.1, -0.05) is 25.1 Å². The van der Waals surface area contributed by atoms with Gasteiger partial charge in [0.15, 0.2) is 0 Å². The Balaban J connectivity index is 1.65. The van der Waals surface area contributed by atoms with Gasteiger partial charge >= 0.3 is 0 Å². The summed E-state index contributed by atoms with van der Waals surface area (Å²) in [5.41, 5.74) is 6.53. The van der Waals surface area contributed by atoms with Crippen molar-refractivity contribution in [2.45, 2.75) is 45.1 Å². The van der Waals surface area contributed by atoms with Crippen molar-refractivity contribution in [2.24, 2.45) is 23.5 Å². The number of rotatable bonds is 4. The average Bonchev–Trinajstić information content (AvgIpc) is 3.04. The summed E-state index contributed by atoms with van der Waals surface area (Å²) in [6, 6.07) is 9.10. The van der Waals surface area contributed by atoms with Gasteiger partial charge in [0.2, 0.25) is 11.8 Å². The van der Waals surface area contributed by atoms with Crippen LogP contribution in [0.4, 0.5) is 5.69 Å². The fourth-order valence-electron chi connectivity index (χ4n) is 4.16. The summed E-state index contributed by atoms with van der Waals surface area (Å²) in [6.45, 7) is 3.51. The zero-order valence-corrected chi connectivity index (χ0v) is 15.0. The number of anilines is 1. The first-order valence-corrected chi connectivity index (χ1v) is 9.45. The summed E-state index contributed by atoms with van der Waals surface area (Å²) in [5, 5.41) is 2.96. The molecular weight excluding hydrogens is 314 g/mol. The van der Waals surface area contributed by atoms with Gasteiger partial charge in [-0.05, 0) is 62.6 Å². The van der Waals surface area contributed by atoms with Gasteiger partial charge in [0.25, 0.3) is 0 Å². The molecule has 1 aromatic rings. The van der Waals surface area contributed by atoms with E-state index in [-0.39, 0.29) is 23.8 Å². The van der Waals surface area contributed by atoms with Crippen LogP contribution in [0.5, 0.6) is 0 Å². The van der Waals surface area contributed by atoms with Crippen molar-refractivity contribution in [3.05, 3.63) is 30.3 Å². The Hall–Kier alpha value is -1.88. The van der Waals surface area contributed by atoms with Gasteiger partial charge in [-0.15, -0.1) is 0 Å². The molecule has 2 atom stereocenters. The van der Waals surface area contributed by atoms with E-state index < -0.39 is 0 Å². The van der Waals surface area contributed by atoms with E-state index in [4.69, 9.17) is 5.73 Å². The van der Waals surface area contributed by atoms with Crippen LogP contribution in [0.3, 0.4) is 0 Å². The minimum absolute atomic E-state index is 0.0557. The van der Waals surface area contributed by atoms with E-state index in [1.165, 1.54) is 0 Å². The second-order valence-electron chi connectivity index (χ2n) is 7.66. The summed E-state index contributed by atoms with van der Waals surface area (Å²) in [6.07, 6.45) is 4.59. The largest absolute Gasteiger partial charge is 0.330 e. The van der Waals surface area contributed by atoms with Crippen LogP contribution in [0.25, 0.3) is 0 Å². The first kappa shape index (κ1) is 17.9. The van der Waals surface area contributed by atoms with Gasteiger partial charge in [-0.2, -0.15) is 0 Å². The van der Waals surface area contributed by atoms with Crippen molar-refractivity contribution in [1.29, 1.82) is 0 Å². The normalized spacial score (nSPS) is 29.4. The van der Waals surface area contributed by atoms with Gasteiger partial charge in [0.1, 0.15) is 6.04 Å². The molecule has 1 aliphatic heterocycles. The molecule has 1 saturated heterocycles. The summed E-state index contributed by atoms with van der Waals surface area (Å²) in [4.78, 5) is 27.6. The van der Waals surface area contributed by atoms with Crippen LogP contribution in [0.1, 0.15) is 39.0 Å². The summed E-state index contributed by atoms with van der Waals surface area (Å²) >= 11 is 0. The van der Waals surface area contributed by atoms with Crippen LogP contribution in [0.2, 0.25) is 0 Å². The number of carbonyl (C=O) groups excluding carboxylic acids is 2. The van der Waals surface area contributed by atoms with E-state index in [2.05, 4.69) is 12.2 Å². The molecule has 5 nitrogen and oxygen atoms in total. The first-order valence-electron chi connectivity index (χ1n) is 9.45. The van der Waals surface area contributed by atoms with E-state index in [0.29, 0.717) is 24.9 Å². The molecule has 0 bridgehead atoms. The van der Waals surface area contributed by atoms with Crippen LogP contribution in [0.15, 0.2) is 30.3 Å². The third-order valence-corrected chi connectivity index (χ3v) is 5.67. The highest BCUT2D eigenvalue weighted by molar-refractivity contribution is 5.97. The zero-order valence-electron chi connectivity index (χ0n) is 15.0. The Labute approximate surface area is 150 Å². The Morgan fingerprint density at radius 1 is 1.16 bits per heavy atom. The zero-order chi connectivity index (χ0) is 17.8. The Morgan fingerprint density at radius 3 is 2.48 bits per heavy atom. The highest BCUT2D eigenvalue weighted by Gasteiger charge is 2.40. The number of hydrogen-bond donors (Lipinski definition) is 2. The van der Waals surface area contributed by atoms with Gasteiger partial charge < -0.3 is 16.0 Å². The molecule has 0 aromatic heterocycles. The highest BCUT2D eigenvalue weighted by atomic mass is 16.2. The molecule has 1 saturated carbocycles. The molecule has 0 radical (unpaired) electrons. The van der Waals surface area contributed by atoms with Crippen LogP contribution in [-0.2, 0) is 9.59 Å². The van der Waals surface area contributed by atoms with E-state index in [9.17, 15) is 9.59 Å². The lowest BCUT2D eigenvalue weighted by molar-refractivity contribution is -0.141. The second kappa shape index (κ2) is 8.00. The number of amides is 2. The molecule has 2 unspecified atom stereocenters. The lowest BCUT2D eigenvalue weighted by Gasteiger charge is -2.32. The standard InChI is InChI=1S/C20H29N3O2/c1-14-11-18(19(24)22-17-5-3-2-4-6-17)23(13-14)20(25)16-9-7-15(12-21)8-10-16/h2-6,14-16,18H,7-13,21H2,1H3,(H,22,24). The Kier molecular flexibility index (Phi) is 5.74. The number of nitrogens with zero attached hydrogens (tertiary/aromatic N) is 1. The molecule has 2 amide bonds. The summed E-state index contributed by atoms with van der Waals surface area (Å²) in [7, 11) is 0. The smallest absolute Gasteiger partial charge is 0.247 e. The number of hydrogen-bond acceptors (Lipinski definition) is 3. The van der Waals surface area contributed by atoms with Crippen molar-refractivity contribution in [2.75, 3.05) is 18.4 Å². The molecule has 3 rings (SSSR count). The molecule has 136 valence electrons. The van der Waals surface area contributed by atoms with Crippen LogP contribution in [0, 0.1) is 17.8 Å². The number of benzene rings is 1. The minimum atomic E-state index is -0.352. The molecule has 25 heavy (non-hydrogen) atoms. The van der Waals surface area contributed by atoms with Crippen LogP contribution in [-0.4, -0.2) is 35.8 Å². The van der Waals surface area contributed by atoms with Crippen LogP contribution < -0.4 is 11.1 Å². The molecule has 5 heteroatoms. The molecular formula is C20H29N3O2. The monoisotopic (exact) mass is 343 g/mol. The molecule has 1 aromatic carbocycles. The maximum absolute atomic E-state index is 13.0. The third kappa shape index (κ3) is 4.21. The van der Waals surface area contributed by atoms with Gasteiger partial charge in [-0.3, -0.25) is 9.59 Å². The van der Waals surface area contributed by atoms with Crippen molar-refractivity contribution in [3.8, 4) is 0 Å². The minimum Gasteiger partial charge on any atom is -0.330 e. The molecule has 1 aliphatic carbocycles. The molecule has 2 fully saturated rings. The summed E-state index contributed by atoms with van der Waals surface area (Å²) < 4.78 is 0. The van der Waals surface area contributed by atoms with Crippen molar-refractivity contribution in [3.63, 3.8) is 0 Å². The maximum atomic E-state index is 13.0. The number of nitrogens with one attached hydrogen (secondary N) is 1. The molecule has 3 N–H and O–H groups in total. The first-order chi connectivity index (χ1) is 12.1. The maximum Gasteiger partial charge on any atom is 0.247 e. The number of likely N-dealkylation sites (tertiary alicyclic amines) is 1. The number of nitrogens with two attached hydrogens (primary N) is 1. The molecule has 0 spiro atoms. The van der Waals surface area contributed by atoms with Gasteiger partial charge in [0.05, 0.1) is 0 Å². The third-order valence-electron chi connectivity index (χ3n) is 5.67. The Morgan fingerprint density at radius 2 is 1.84 bits per heavy atom. The van der Waals surface area contributed by atoms with Gasteiger partial charge in [0, 0.05) is 18.2 Å². The van der Waals surface area contributed by atoms with E-state index in [1.54, 1.807) is 0 Å². The highest BCUT2D eigenvalue weighted by Crippen LogP contribution is 2.33. The number of carbonyl (C=O) groups is 2. The Bertz CT molecular complexity index is 596. The van der Waals surface area contributed by atoms with Crippen LogP contribution >= 0.6 is 0 Å². The lowest BCUT2D eigenvalue weighted by atomic mass is 9.81. The predicted octanol–water partition coefficient (Wildman–Crippen LogP) is 2.63. The second-order valence-corrected chi connectivity index (χ2v) is 7.66. The molecule has 1 heterocycles. The molecule has 2 aliphatic rings.